The van der Waals surface area contributed by atoms with Crippen molar-refractivity contribution in [1.29, 1.82) is 0 Å². The number of carbonyl (C=O) groups excluding carboxylic acids is 2. The van der Waals surface area contributed by atoms with E-state index in [0.717, 1.165) is 46.9 Å². The van der Waals surface area contributed by atoms with Gasteiger partial charge in [0.05, 0.1) is 104 Å². The Morgan fingerprint density at radius 1 is 0.800 bits per heavy atom. The number of fused-ring (bicyclic) bond motifs is 1. The van der Waals surface area contributed by atoms with Crippen LogP contribution in [0.15, 0.2) is 85.3 Å². The molecule has 1 saturated heterocycles. The van der Waals surface area contributed by atoms with Gasteiger partial charge in [0, 0.05) is 86.7 Å². The standard InChI is InChI=1S/C53H75N7O10/c1-40-36-59(47(35-56-40)38-63-5)37-50(61)60-39-53(3,4)51-49(60)33-43(34-57-51)31-42-7-6-8-48(32-42)70-30-29-69-28-27-68-26-25-67-24-23-66-22-21-65-20-19-64-18-17-55-41(2)44-9-11-45(12-10-44)52(62)58-46-13-15-54-16-14-46/h6-16,32-34,40-41,47,55-56H,17-31,35-39H2,1-5H3,(H,54,58,62)/t40-,41-,47-/m1/s1. The quantitative estimate of drug-likeness (QED) is 0.0552. The zero-order chi connectivity index (χ0) is 49.4. The summed E-state index contributed by atoms with van der Waals surface area (Å²) in [6.07, 6.45) is 5.89. The molecule has 2 aliphatic rings. The van der Waals surface area contributed by atoms with E-state index in [9.17, 15) is 9.59 Å². The van der Waals surface area contributed by atoms with Crippen LogP contribution in [0.4, 0.5) is 11.4 Å². The number of nitrogens with one attached hydrogen (secondary N) is 3. The molecule has 17 heteroatoms. The summed E-state index contributed by atoms with van der Waals surface area (Å²) in [5, 5.41) is 9.82. The van der Waals surface area contributed by atoms with E-state index >= 15 is 0 Å². The minimum Gasteiger partial charge on any atom is -0.491 e. The van der Waals surface area contributed by atoms with Crippen LogP contribution >= 0.6 is 0 Å². The number of amides is 2. The summed E-state index contributed by atoms with van der Waals surface area (Å²) in [5.74, 6) is 0.711. The largest absolute Gasteiger partial charge is 0.491 e. The lowest BCUT2D eigenvalue weighted by Gasteiger charge is -2.39. The maximum atomic E-state index is 13.9. The number of nitrogens with zero attached hydrogens (tertiary/aromatic N) is 4. The van der Waals surface area contributed by atoms with E-state index in [4.69, 9.17) is 42.9 Å². The average molecular weight is 970 g/mol. The first-order valence-corrected chi connectivity index (χ1v) is 24.6. The van der Waals surface area contributed by atoms with E-state index in [2.05, 4.69) is 65.7 Å². The monoisotopic (exact) mass is 970 g/mol. The fourth-order valence-corrected chi connectivity index (χ4v) is 8.37. The van der Waals surface area contributed by atoms with Gasteiger partial charge < -0.3 is 58.7 Å². The predicted molar refractivity (Wildman–Crippen MR) is 269 cm³/mol. The van der Waals surface area contributed by atoms with Crippen molar-refractivity contribution >= 4 is 23.2 Å². The summed E-state index contributed by atoms with van der Waals surface area (Å²) >= 11 is 0. The van der Waals surface area contributed by atoms with Gasteiger partial charge in [-0.2, -0.15) is 0 Å². The summed E-state index contributed by atoms with van der Waals surface area (Å²) in [6, 6.07) is 21.9. The Labute approximate surface area is 414 Å². The summed E-state index contributed by atoms with van der Waals surface area (Å²) in [5.41, 5.74) is 6.16. The van der Waals surface area contributed by atoms with Crippen molar-refractivity contribution < 1.29 is 47.5 Å². The summed E-state index contributed by atoms with van der Waals surface area (Å²) in [6.45, 7) is 18.6. The van der Waals surface area contributed by atoms with Crippen LogP contribution in [0.25, 0.3) is 0 Å². The molecular weight excluding hydrogens is 895 g/mol. The highest BCUT2D eigenvalue weighted by molar-refractivity contribution is 6.04. The lowest BCUT2D eigenvalue weighted by Crippen LogP contribution is -2.59. The molecule has 0 saturated carbocycles. The summed E-state index contributed by atoms with van der Waals surface area (Å²) in [7, 11) is 1.71. The first-order chi connectivity index (χ1) is 34.1. The number of carbonyl (C=O) groups is 2. The molecule has 4 aromatic rings. The molecule has 70 heavy (non-hydrogen) atoms. The molecule has 0 unspecified atom stereocenters. The van der Waals surface area contributed by atoms with Gasteiger partial charge in [-0.05, 0) is 79.4 Å². The van der Waals surface area contributed by atoms with Crippen molar-refractivity contribution in [2.45, 2.75) is 57.7 Å². The number of rotatable bonds is 32. The maximum Gasteiger partial charge on any atom is 0.255 e. The molecule has 0 bridgehead atoms. The van der Waals surface area contributed by atoms with E-state index < -0.39 is 0 Å². The maximum absolute atomic E-state index is 13.9. The van der Waals surface area contributed by atoms with Gasteiger partial charge in [-0.1, -0.05) is 38.1 Å². The summed E-state index contributed by atoms with van der Waals surface area (Å²) in [4.78, 5) is 39.4. The molecule has 3 N–H and O–H groups in total. The highest BCUT2D eigenvalue weighted by atomic mass is 16.6. The molecule has 0 radical (unpaired) electrons. The van der Waals surface area contributed by atoms with Gasteiger partial charge in [0.25, 0.3) is 5.91 Å². The second-order valence-corrected chi connectivity index (χ2v) is 18.3. The van der Waals surface area contributed by atoms with Crippen LogP contribution < -0.4 is 25.6 Å². The zero-order valence-corrected chi connectivity index (χ0v) is 41.8. The van der Waals surface area contributed by atoms with Gasteiger partial charge in [-0.25, -0.2) is 0 Å². The normalized spacial score (nSPS) is 17.1. The number of methoxy groups -OCH3 is 1. The molecular formula is C53H75N7O10. The molecule has 17 nitrogen and oxygen atoms in total. The van der Waals surface area contributed by atoms with Crippen molar-refractivity contribution in [2.24, 2.45) is 0 Å². The topological polar surface area (TPSA) is 176 Å². The van der Waals surface area contributed by atoms with Crippen molar-refractivity contribution in [2.75, 3.05) is 143 Å². The molecule has 4 heterocycles. The van der Waals surface area contributed by atoms with Crippen LogP contribution in [0.2, 0.25) is 0 Å². The first-order valence-electron chi connectivity index (χ1n) is 24.6. The molecule has 2 aliphatic heterocycles. The summed E-state index contributed by atoms with van der Waals surface area (Å²) < 4.78 is 45.3. The van der Waals surface area contributed by atoms with Gasteiger partial charge in [-0.15, -0.1) is 0 Å². The van der Waals surface area contributed by atoms with E-state index in [1.165, 1.54) is 0 Å². The number of anilines is 2. The van der Waals surface area contributed by atoms with Crippen LogP contribution in [0.1, 0.15) is 66.5 Å². The van der Waals surface area contributed by atoms with Gasteiger partial charge in [0.2, 0.25) is 5.91 Å². The Morgan fingerprint density at radius 3 is 2.07 bits per heavy atom. The third kappa shape index (κ3) is 18.0. The van der Waals surface area contributed by atoms with Crippen LogP contribution in [0.3, 0.4) is 0 Å². The molecule has 6 rings (SSSR count). The van der Waals surface area contributed by atoms with Crippen LogP contribution in [0, 0.1) is 0 Å². The van der Waals surface area contributed by atoms with E-state index in [1.807, 2.05) is 53.6 Å². The van der Waals surface area contributed by atoms with Gasteiger partial charge in [-0.3, -0.25) is 24.5 Å². The lowest BCUT2D eigenvalue weighted by molar-refractivity contribution is -0.121. The Hall–Kier alpha value is -4.92. The predicted octanol–water partition coefficient (Wildman–Crippen LogP) is 5.08. The van der Waals surface area contributed by atoms with Crippen molar-refractivity contribution in [3.05, 3.63) is 113 Å². The van der Waals surface area contributed by atoms with E-state index in [1.54, 1.807) is 31.6 Å². The molecule has 2 amide bonds. The number of hydrogen-bond donors (Lipinski definition) is 3. The highest BCUT2D eigenvalue weighted by Crippen LogP contribution is 2.40. The van der Waals surface area contributed by atoms with Crippen LogP contribution in [-0.4, -0.2) is 171 Å². The molecule has 382 valence electrons. The van der Waals surface area contributed by atoms with E-state index in [-0.39, 0.29) is 29.3 Å². The minimum absolute atomic E-state index is 0.0928. The number of ether oxygens (including phenoxy) is 8. The molecule has 0 spiro atoms. The lowest BCUT2D eigenvalue weighted by atomic mass is 9.91. The third-order valence-electron chi connectivity index (χ3n) is 12.1. The second kappa shape index (κ2) is 29.4. The smallest absolute Gasteiger partial charge is 0.255 e. The number of hydrogen-bond acceptors (Lipinski definition) is 15. The first kappa shape index (κ1) is 54.4. The molecule has 2 aromatic carbocycles. The Balaban J connectivity index is 0.724. The highest BCUT2D eigenvalue weighted by Gasteiger charge is 2.40. The van der Waals surface area contributed by atoms with Crippen molar-refractivity contribution in [1.82, 2.24) is 25.5 Å². The van der Waals surface area contributed by atoms with Gasteiger partial charge >= 0.3 is 0 Å². The fourth-order valence-electron chi connectivity index (χ4n) is 8.37. The van der Waals surface area contributed by atoms with Crippen LogP contribution in [0.5, 0.6) is 5.75 Å². The Kier molecular flexibility index (Phi) is 22.9. The Morgan fingerprint density at radius 2 is 1.43 bits per heavy atom. The molecule has 3 atom stereocenters. The second-order valence-electron chi connectivity index (χ2n) is 18.3. The third-order valence-corrected chi connectivity index (χ3v) is 12.1. The Bertz CT molecular complexity index is 2150. The van der Waals surface area contributed by atoms with E-state index in [0.29, 0.717) is 136 Å². The molecule has 1 fully saturated rings. The SMILES string of the molecule is COC[C@H]1CN[C@H](C)CN1CC(=O)N1CC(C)(C)c2ncc(Cc3cccc(OCCOCCOCCOCCOCCOCCOCCN[C@H](C)c4ccc(C(=O)Nc5ccncc5)cc4)c3)cc21. The number of piperazine rings is 1. The molecule has 0 aliphatic carbocycles. The average Bonchev–Trinajstić information content (AvgIpc) is 3.63. The van der Waals surface area contributed by atoms with Gasteiger partial charge in [0.1, 0.15) is 12.4 Å². The number of pyridine rings is 2. The zero-order valence-electron chi connectivity index (χ0n) is 41.8. The van der Waals surface area contributed by atoms with Crippen molar-refractivity contribution in [3.63, 3.8) is 0 Å². The van der Waals surface area contributed by atoms with Crippen LogP contribution in [-0.2, 0) is 49.8 Å². The minimum atomic E-state index is -0.236. The van der Waals surface area contributed by atoms with Crippen molar-refractivity contribution in [3.8, 4) is 5.75 Å². The fraction of sp³-hybridized carbons (Fsp3) is 0.547. The number of aromatic nitrogens is 2. The van der Waals surface area contributed by atoms with Gasteiger partial charge in [0.15, 0.2) is 0 Å². The number of benzene rings is 2. The molecule has 2 aromatic heterocycles.